The van der Waals surface area contributed by atoms with Gasteiger partial charge in [-0.15, -0.1) is 0 Å². The number of aromatic nitrogens is 2. The Balaban J connectivity index is 2.52. The third kappa shape index (κ3) is 1.41. The Bertz CT molecular complexity index is 420. The fourth-order valence-corrected chi connectivity index (χ4v) is 1.54. The molecule has 2 rings (SSSR count). The van der Waals surface area contributed by atoms with Crippen molar-refractivity contribution < 1.29 is 4.52 Å². The van der Waals surface area contributed by atoms with Crippen molar-refractivity contribution in [1.29, 1.82) is 0 Å². The van der Waals surface area contributed by atoms with E-state index in [2.05, 4.69) is 17.1 Å². The van der Waals surface area contributed by atoms with E-state index in [4.69, 9.17) is 4.52 Å². The zero-order valence-electron chi connectivity index (χ0n) is 8.32. The van der Waals surface area contributed by atoms with Crippen molar-refractivity contribution in [1.82, 2.24) is 10.1 Å². The van der Waals surface area contributed by atoms with Crippen LogP contribution in [0.1, 0.15) is 18.2 Å². The first-order chi connectivity index (χ1) is 6.83. The normalized spacial score (nSPS) is 10.4. The van der Waals surface area contributed by atoms with Gasteiger partial charge in [0.25, 0.3) is 0 Å². The summed E-state index contributed by atoms with van der Waals surface area (Å²) in [6, 6.07) is 3.88. The van der Waals surface area contributed by atoms with Crippen molar-refractivity contribution in [2.24, 2.45) is 0 Å². The molecule has 0 fully saturated rings. The van der Waals surface area contributed by atoms with E-state index >= 15 is 0 Å². The highest BCUT2D eigenvalue weighted by Gasteiger charge is 2.11. The Morgan fingerprint density at radius 3 is 2.64 bits per heavy atom. The standard InChI is InChI=1S/C11H12N2O/c1-3-10-8(2)14-13-11(10)9-4-6-12-7-5-9/h4-7H,3H2,1-2H3. The summed E-state index contributed by atoms with van der Waals surface area (Å²) in [4.78, 5) is 3.97. The maximum absolute atomic E-state index is 5.17. The number of hydrogen-bond acceptors (Lipinski definition) is 3. The first-order valence-electron chi connectivity index (χ1n) is 4.68. The third-order valence-corrected chi connectivity index (χ3v) is 2.29. The predicted octanol–water partition coefficient (Wildman–Crippen LogP) is 2.61. The summed E-state index contributed by atoms with van der Waals surface area (Å²) in [7, 11) is 0. The molecule has 0 saturated carbocycles. The second-order valence-corrected chi connectivity index (χ2v) is 3.16. The third-order valence-electron chi connectivity index (χ3n) is 2.29. The SMILES string of the molecule is CCc1c(-c2ccncc2)noc1C. The van der Waals surface area contributed by atoms with Crippen molar-refractivity contribution in [2.75, 3.05) is 0 Å². The van der Waals surface area contributed by atoms with E-state index in [9.17, 15) is 0 Å². The highest BCUT2D eigenvalue weighted by atomic mass is 16.5. The molecular formula is C11H12N2O. The van der Waals surface area contributed by atoms with Gasteiger partial charge in [-0.1, -0.05) is 12.1 Å². The van der Waals surface area contributed by atoms with E-state index in [1.54, 1.807) is 12.4 Å². The number of rotatable bonds is 2. The van der Waals surface area contributed by atoms with Crippen LogP contribution in [0.25, 0.3) is 11.3 Å². The zero-order valence-corrected chi connectivity index (χ0v) is 8.32. The minimum atomic E-state index is 0.902. The number of nitrogens with zero attached hydrogens (tertiary/aromatic N) is 2. The van der Waals surface area contributed by atoms with Crippen molar-refractivity contribution >= 4 is 0 Å². The molecule has 2 aromatic rings. The van der Waals surface area contributed by atoms with E-state index < -0.39 is 0 Å². The van der Waals surface area contributed by atoms with Gasteiger partial charge < -0.3 is 4.52 Å². The Labute approximate surface area is 82.8 Å². The van der Waals surface area contributed by atoms with Crippen LogP contribution in [-0.4, -0.2) is 10.1 Å². The van der Waals surface area contributed by atoms with Gasteiger partial charge in [-0.2, -0.15) is 0 Å². The van der Waals surface area contributed by atoms with Gasteiger partial charge in [0.15, 0.2) is 0 Å². The second-order valence-electron chi connectivity index (χ2n) is 3.16. The van der Waals surface area contributed by atoms with Gasteiger partial charge in [0.05, 0.1) is 0 Å². The van der Waals surface area contributed by atoms with Gasteiger partial charge >= 0.3 is 0 Å². The Morgan fingerprint density at radius 1 is 1.29 bits per heavy atom. The van der Waals surface area contributed by atoms with Crippen molar-refractivity contribution in [3.05, 3.63) is 35.9 Å². The first kappa shape index (κ1) is 8.94. The topological polar surface area (TPSA) is 38.9 Å². The largest absolute Gasteiger partial charge is 0.361 e. The van der Waals surface area contributed by atoms with E-state index in [0.29, 0.717) is 0 Å². The van der Waals surface area contributed by atoms with E-state index in [1.807, 2.05) is 19.1 Å². The van der Waals surface area contributed by atoms with Crippen molar-refractivity contribution in [3.8, 4) is 11.3 Å². The lowest BCUT2D eigenvalue weighted by Gasteiger charge is -1.97. The Kier molecular flexibility index (Phi) is 2.31. The summed E-state index contributed by atoms with van der Waals surface area (Å²) in [5, 5.41) is 4.05. The molecule has 14 heavy (non-hydrogen) atoms. The van der Waals surface area contributed by atoms with Gasteiger partial charge in [0, 0.05) is 23.5 Å². The summed E-state index contributed by atoms with van der Waals surface area (Å²) in [6.45, 7) is 4.04. The lowest BCUT2D eigenvalue weighted by atomic mass is 10.1. The van der Waals surface area contributed by atoms with Crippen LogP contribution in [0, 0.1) is 6.92 Å². The molecule has 0 aliphatic heterocycles. The molecule has 0 saturated heterocycles. The van der Waals surface area contributed by atoms with Gasteiger partial charge in [0.2, 0.25) is 0 Å². The van der Waals surface area contributed by atoms with Crippen LogP contribution < -0.4 is 0 Å². The zero-order chi connectivity index (χ0) is 9.97. The number of pyridine rings is 1. The van der Waals surface area contributed by atoms with E-state index in [1.165, 1.54) is 5.56 Å². The van der Waals surface area contributed by atoms with Crippen LogP contribution in [-0.2, 0) is 6.42 Å². The van der Waals surface area contributed by atoms with Crippen LogP contribution in [0.4, 0.5) is 0 Å². The highest BCUT2D eigenvalue weighted by Crippen LogP contribution is 2.24. The van der Waals surface area contributed by atoms with Crippen LogP contribution in [0.2, 0.25) is 0 Å². The first-order valence-corrected chi connectivity index (χ1v) is 4.68. The smallest absolute Gasteiger partial charge is 0.137 e. The average Bonchev–Trinajstić information content (AvgIpc) is 2.61. The Hall–Kier alpha value is -1.64. The van der Waals surface area contributed by atoms with Gasteiger partial charge in [-0.25, -0.2) is 0 Å². The monoisotopic (exact) mass is 188 g/mol. The predicted molar refractivity (Wildman–Crippen MR) is 53.8 cm³/mol. The van der Waals surface area contributed by atoms with Crippen LogP contribution in [0.5, 0.6) is 0 Å². The molecule has 0 aliphatic carbocycles. The molecule has 0 bridgehead atoms. The fourth-order valence-electron chi connectivity index (χ4n) is 1.54. The molecule has 3 heteroatoms. The lowest BCUT2D eigenvalue weighted by molar-refractivity contribution is 0.398. The molecule has 0 aromatic carbocycles. The van der Waals surface area contributed by atoms with Crippen molar-refractivity contribution in [2.45, 2.75) is 20.3 Å². The summed E-state index contributed by atoms with van der Waals surface area (Å²) in [6.07, 6.45) is 4.46. The summed E-state index contributed by atoms with van der Waals surface area (Å²) < 4.78 is 5.17. The van der Waals surface area contributed by atoms with Crippen LogP contribution in [0.3, 0.4) is 0 Å². The number of aryl methyl sites for hydroxylation is 1. The van der Waals surface area contributed by atoms with Gasteiger partial charge in [0.1, 0.15) is 11.5 Å². The summed E-state index contributed by atoms with van der Waals surface area (Å²) >= 11 is 0. The molecular weight excluding hydrogens is 176 g/mol. The van der Waals surface area contributed by atoms with E-state index in [0.717, 1.165) is 23.4 Å². The molecule has 2 aromatic heterocycles. The molecule has 2 heterocycles. The Morgan fingerprint density at radius 2 is 2.00 bits per heavy atom. The molecule has 0 atom stereocenters. The molecule has 0 spiro atoms. The minimum Gasteiger partial charge on any atom is -0.361 e. The fraction of sp³-hybridized carbons (Fsp3) is 0.273. The molecule has 0 amide bonds. The molecule has 0 aliphatic rings. The second kappa shape index (κ2) is 3.62. The highest BCUT2D eigenvalue weighted by molar-refractivity contribution is 5.62. The molecule has 0 N–H and O–H groups in total. The van der Waals surface area contributed by atoms with Gasteiger partial charge in [-0.3, -0.25) is 4.98 Å². The quantitative estimate of drug-likeness (QED) is 0.727. The summed E-state index contributed by atoms with van der Waals surface area (Å²) in [5.41, 5.74) is 3.18. The maximum atomic E-state index is 5.17. The molecule has 72 valence electrons. The van der Waals surface area contributed by atoms with Crippen molar-refractivity contribution in [3.63, 3.8) is 0 Å². The van der Waals surface area contributed by atoms with E-state index in [-0.39, 0.29) is 0 Å². The lowest BCUT2D eigenvalue weighted by Crippen LogP contribution is -1.86. The number of hydrogen-bond donors (Lipinski definition) is 0. The molecule has 0 unspecified atom stereocenters. The minimum absolute atomic E-state index is 0.902. The maximum Gasteiger partial charge on any atom is 0.137 e. The molecule has 0 radical (unpaired) electrons. The van der Waals surface area contributed by atoms with Crippen LogP contribution in [0.15, 0.2) is 29.0 Å². The van der Waals surface area contributed by atoms with Gasteiger partial charge in [-0.05, 0) is 25.5 Å². The summed E-state index contributed by atoms with van der Waals surface area (Å²) in [5.74, 6) is 0.902. The van der Waals surface area contributed by atoms with Crippen LogP contribution >= 0.6 is 0 Å². The molecule has 3 nitrogen and oxygen atoms in total. The average molecular weight is 188 g/mol.